The smallest absolute Gasteiger partial charge is 0.462 e. The first-order chi connectivity index (χ1) is 32.8. The van der Waals surface area contributed by atoms with Gasteiger partial charge in [-0.15, -0.1) is 0 Å². The van der Waals surface area contributed by atoms with Crippen LogP contribution >= 0.6 is 7.82 Å². The van der Waals surface area contributed by atoms with E-state index in [2.05, 4.69) is 26.0 Å². The standard InChI is InChI=1S/C57H112NO8P/c1-3-5-7-9-11-13-15-17-19-21-22-23-24-25-26-27-28-29-30-31-32-34-35-37-39-41-43-45-47-49-56(59)63-53-55(54-65-67(61,62)64-52-51-58)66-57(60)50-48-46-44-42-40-38-36-33-20-18-16-14-12-10-8-6-4-2/h18,20,55H,3-17,19,21-54,58H2,1-2H3,(H,61,62)/b20-18-. The van der Waals surface area contributed by atoms with E-state index >= 15 is 0 Å². The van der Waals surface area contributed by atoms with Gasteiger partial charge in [0, 0.05) is 19.4 Å². The Hall–Kier alpha value is -1.25. The van der Waals surface area contributed by atoms with Crippen LogP contribution in [0.4, 0.5) is 0 Å². The minimum Gasteiger partial charge on any atom is -0.462 e. The Bertz CT molecular complexity index is 1110. The highest BCUT2D eigenvalue weighted by atomic mass is 31.2. The largest absolute Gasteiger partial charge is 0.472 e. The van der Waals surface area contributed by atoms with E-state index in [1.165, 1.54) is 231 Å². The molecule has 2 atom stereocenters. The zero-order valence-corrected chi connectivity index (χ0v) is 45.3. The summed E-state index contributed by atoms with van der Waals surface area (Å²) in [4.78, 5) is 35.1. The first-order valence-corrected chi connectivity index (χ1v) is 30.7. The van der Waals surface area contributed by atoms with Gasteiger partial charge >= 0.3 is 19.8 Å². The number of ether oxygens (including phenoxy) is 2. The molecule has 0 spiro atoms. The van der Waals surface area contributed by atoms with E-state index in [-0.39, 0.29) is 38.6 Å². The van der Waals surface area contributed by atoms with Gasteiger partial charge in [-0.25, -0.2) is 4.57 Å². The number of hydrogen-bond acceptors (Lipinski definition) is 8. The maximum atomic E-state index is 12.7. The maximum absolute atomic E-state index is 12.7. The predicted molar refractivity (Wildman–Crippen MR) is 284 cm³/mol. The normalized spacial score (nSPS) is 13.1. The first kappa shape index (κ1) is 65.8. The monoisotopic (exact) mass is 970 g/mol. The van der Waals surface area contributed by atoms with Gasteiger partial charge in [-0.2, -0.15) is 0 Å². The summed E-state index contributed by atoms with van der Waals surface area (Å²) in [5.41, 5.74) is 5.38. The second-order valence-electron chi connectivity index (χ2n) is 19.9. The number of unbranched alkanes of at least 4 members (excludes halogenated alkanes) is 41. The van der Waals surface area contributed by atoms with Crippen LogP contribution in [-0.4, -0.2) is 49.3 Å². The average Bonchev–Trinajstić information content (AvgIpc) is 3.32. The van der Waals surface area contributed by atoms with Gasteiger partial charge in [-0.1, -0.05) is 270 Å². The molecule has 0 aromatic carbocycles. The molecule has 0 amide bonds. The molecular weight excluding hydrogens is 858 g/mol. The Morgan fingerprint density at radius 1 is 0.433 bits per heavy atom. The highest BCUT2D eigenvalue weighted by Gasteiger charge is 2.26. The van der Waals surface area contributed by atoms with Gasteiger partial charge in [-0.05, 0) is 38.5 Å². The van der Waals surface area contributed by atoms with Crippen molar-refractivity contribution in [2.75, 3.05) is 26.4 Å². The third-order valence-electron chi connectivity index (χ3n) is 13.2. The Morgan fingerprint density at radius 3 is 1.06 bits per heavy atom. The van der Waals surface area contributed by atoms with Gasteiger partial charge in [-0.3, -0.25) is 18.6 Å². The molecule has 0 radical (unpaired) electrons. The highest BCUT2D eigenvalue weighted by molar-refractivity contribution is 7.47. The second-order valence-corrected chi connectivity index (χ2v) is 21.3. The number of phosphoric ester groups is 1. The minimum atomic E-state index is -4.38. The van der Waals surface area contributed by atoms with Crippen molar-refractivity contribution in [3.8, 4) is 0 Å². The molecule has 0 aromatic rings. The Balaban J connectivity index is 3.86. The topological polar surface area (TPSA) is 134 Å². The lowest BCUT2D eigenvalue weighted by atomic mass is 10.0. The summed E-state index contributed by atoms with van der Waals surface area (Å²) in [5, 5.41) is 0. The van der Waals surface area contributed by atoms with Crippen molar-refractivity contribution in [1.29, 1.82) is 0 Å². The van der Waals surface area contributed by atoms with Crippen molar-refractivity contribution in [3.05, 3.63) is 12.2 Å². The van der Waals surface area contributed by atoms with E-state index in [4.69, 9.17) is 24.3 Å². The average molecular weight is 970 g/mol. The van der Waals surface area contributed by atoms with E-state index < -0.39 is 26.5 Å². The summed E-state index contributed by atoms with van der Waals surface area (Å²) in [6.45, 7) is 3.79. The number of allylic oxidation sites excluding steroid dienone is 2. The molecule has 0 heterocycles. The number of esters is 2. The Labute approximate surface area is 415 Å². The minimum absolute atomic E-state index is 0.0559. The van der Waals surface area contributed by atoms with Crippen LogP contribution in [0.1, 0.15) is 309 Å². The van der Waals surface area contributed by atoms with Crippen molar-refractivity contribution in [2.24, 2.45) is 5.73 Å². The van der Waals surface area contributed by atoms with Crippen LogP contribution in [0.15, 0.2) is 12.2 Å². The molecule has 398 valence electrons. The number of rotatable bonds is 56. The number of hydrogen-bond donors (Lipinski definition) is 2. The van der Waals surface area contributed by atoms with Crippen molar-refractivity contribution in [1.82, 2.24) is 0 Å². The Morgan fingerprint density at radius 2 is 0.731 bits per heavy atom. The highest BCUT2D eigenvalue weighted by Crippen LogP contribution is 2.43. The van der Waals surface area contributed by atoms with Gasteiger partial charge in [0.25, 0.3) is 0 Å². The molecule has 0 aliphatic heterocycles. The summed E-state index contributed by atoms with van der Waals surface area (Å²) < 4.78 is 33.0. The Kier molecular flexibility index (Phi) is 53.1. The summed E-state index contributed by atoms with van der Waals surface area (Å²) in [6, 6.07) is 0. The molecule has 0 aromatic heterocycles. The molecule has 0 bridgehead atoms. The third-order valence-corrected chi connectivity index (χ3v) is 14.1. The van der Waals surface area contributed by atoms with E-state index in [1.807, 2.05) is 0 Å². The molecule has 2 unspecified atom stereocenters. The number of phosphoric acid groups is 1. The molecule has 0 rings (SSSR count). The quantitative estimate of drug-likeness (QED) is 0.0264. The fraction of sp³-hybridized carbons (Fsp3) is 0.930. The predicted octanol–water partition coefficient (Wildman–Crippen LogP) is 18.1. The van der Waals surface area contributed by atoms with Crippen molar-refractivity contribution >= 4 is 19.8 Å². The van der Waals surface area contributed by atoms with E-state index in [1.54, 1.807) is 0 Å². The van der Waals surface area contributed by atoms with E-state index in [9.17, 15) is 19.0 Å². The lowest BCUT2D eigenvalue weighted by Gasteiger charge is -2.19. The van der Waals surface area contributed by atoms with Crippen LogP contribution in [0.2, 0.25) is 0 Å². The number of nitrogens with two attached hydrogens (primary N) is 1. The number of carbonyl (C=O) groups is 2. The molecule has 0 saturated carbocycles. The molecule has 0 aliphatic rings. The second kappa shape index (κ2) is 54.1. The lowest BCUT2D eigenvalue weighted by molar-refractivity contribution is -0.161. The van der Waals surface area contributed by atoms with Crippen LogP contribution in [0.3, 0.4) is 0 Å². The van der Waals surface area contributed by atoms with Crippen LogP contribution < -0.4 is 5.73 Å². The summed E-state index contributed by atoms with van der Waals surface area (Å²) in [7, 11) is -4.38. The molecule has 67 heavy (non-hydrogen) atoms. The maximum Gasteiger partial charge on any atom is 0.472 e. The first-order valence-electron chi connectivity index (χ1n) is 29.2. The van der Waals surface area contributed by atoms with Crippen LogP contribution in [0.5, 0.6) is 0 Å². The molecule has 9 nitrogen and oxygen atoms in total. The molecule has 3 N–H and O–H groups in total. The number of carbonyl (C=O) groups excluding carboxylic acids is 2. The fourth-order valence-electron chi connectivity index (χ4n) is 8.81. The molecule has 0 aliphatic carbocycles. The molecular formula is C57H112NO8P. The van der Waals surface area contributed by atoms with Crippen LogP contribution in [0, 0.1) is 0 Å². The SMILES string of the molecule is CCCCCCCC/C=C\CCCCCCCCCC(=O)OC(COC(=O)CCCCCCCCCCCCCCCCCCCCCCCCCCCCCCC)COP(=O)(O)OCCN. The zero-order valence-electron chi connectivity index (χ0n) is 44.4. The van der Waals surface area contributed by atoms with Crippen LogP contribution in [-0.2, 0) is 32.7 Å². The van der Waals surface area contributed by atoms with Gasteiger partial charge in [0.15, 0.2) is 6.10 Å². The van der Waals surface area contributed by atoms with Gasteiger partial charge < -0.3 is 20.1 Å². The van der Waals surface area contributed by atoms with Gasteiger partial charge in [0.2, 0.25) is 0 Å². The third kappa shape index (κ3) is 53.9. The van der Waals surface area contributed by atoms with Crippen molar-refractivity contribution in [3.63, 3.8) is 0 Å². The molecule has 10 heteroatoms. The fourth-order valence-corrected chi connectivity index (χ4v) is 9.58. The van der Waals surface area contributed by atoms with Crippen molar-refractivity contribution in [2.45, 2.75) is 315 Å². The van der Waals surface area contributed by atoms with Crippen molar-refractivity contribution < 1.29 is 37.6 Å². The van der Waals surface area contributed by atoms with Gasteiger partial charge in [0.05, 0.1) is 13.2 Å². The molecule has 0 fully saturated rings. The van der Waals surface area contributed by atoms with Gasteiger partial charge in [0.1, 0.15) is 6.61 Å². The summed E-state index contributed by atoms with van der Waals surface area (Å²) >= 11 is 0. The summed E-state index contributed by atoms with van der Waals surface area (Å²) in [6.07, 6.45) is 61.4. The van der Waals surface area contributed by atoms with E-state index in [0.29, 0.717) is 6.42 Å². The zero-order chi connectivity index (χ0) is 48.8. The lowest BCUT2D eigenvalue weighted by Crippen LogP contribution is -2.29. The molecule has 0 saturated heterocycles. The van der Waals surface area contributed by atoms with Crippen LogP contribution in [0.25, 0.3) is 0 Å². The summed E-state index contributed by atoms with van der Waals surface area (Å²) in [5.74, 6) is -0.814. The van der Waals surface area contributed by atoms with E-state index in [0.717, 1.165) is 44.9 Å².